The summed E-state index contributed by atoms with van der Waals surface area (Å²) in [6, 6.07) is 6.40. The number of ether oxygens (including phenoxy) is 2. The number of nitriles is 1. The Morgan fingerprint density at radius 1 is 1.09 bits per heavy atom. The molecule has 5 rings (SSSR count). The van der Waals surface area contributed by atoms with Crippen molar-refractivity contribution in [2.75, 3.05) is 20.2 Å². The summed E-state index contributed by atoms with van der Waals surface area (Å²) in [5, 5.41) is 24.5. The fourth-order valence-electron chi connectivity index (χ4n) is 9.12. The van der Waals surface area contributed by atoms with E-state index in [1.165, 1.54) is 37.3 Å². The van der Waals surface area contributed by atoms with E-state index in [9.17, 15) is 24.8 Å². The summed E-state index contributed by atoms with van der Waals surface area (Å²) < 4.78 is 10.9. The first-order chi connectivity index (χ1) is 21.0. The molecule has 44 heavy (non-hydrogen) atoms. The average Bonchev–Trinajstić information content (AvgIpc) is 3.36. The quantitative estimate of drug-likeness (QED) is 0.150. The fraction of sp³-hybridized carbons (Fsp3) is 0.600. The highest BCUT2D eigenvalue weighted by molar-refractivity contribution is 6.01. The number of Topliss-reactive ketones (excluding diaryl/α,β-unsaturated/α-hetero) is 1. The van der Waals surface area contributed by atoms with Crippen LogP contribution in [-0.4, -0.2) is 49.2 Å². The van der Waals surface area contributed by atoms with E-state index in [4.69, 9.17) is 9.47 Å². The number of aromatic hydroxyl groups is 1. The van der Waals surface area contributed by atoms with Crippen LogP contribution in [0, 0.1) is 45.8 Å². The highest BCUT2D eigenvalue weighted by atomic mass is 16.6. The second-order valence-corrected chi connectivity index (χ2v) is 13.6. The van der Waals surface area contributed by atoms with Crippen molar-refractivity contribution in [3.8, 4) is 17.6 Å². The first-order valence-corrected chi connectivity index (χ1v) is 15.9. The molecule has 0 unspecified atom stereocenters. The molecule has 0 aromatic heterocycles. The second kappa shape index (κ2) is 12.7. The number of fused-ring (bicyclic) bond motifs is 5. The maximum absolute atomic E-state index is 12.6. The summed E-state index contributed by atoms with van der Waals surface area (Å²) in [6.45, 7) is 6.86. The van der Waals surface area contributed by atoms with Crippen molar-refractivity contribution in [2.45, 2.75) is 78.2 Å². The number of alkyl carbamates (subject to hydrolysis) is 1. The van der Waals surface area contributed by atoms with E-state index >= 15 is 0 Å². The molecule has 4 aliphatic carbocycles. The topological polar surface area (TPSA) is 138 Å². The van der Waals surface area contributed by atoms with Gasteiger partial charge in [0.25, 0.3) is 5.91 Å². The number of hydrogen-bond donors (Lipinski definition) is 3. The molecule has 2 amide bonds. The van der Waals surface area contributed by atoms with Crippen LogP contribution in [-0.2, 0) is 14.3 Å². The first kappa shape index (κ1) is 31.6. The van der Waals surface area contributed by atoms with Crippen LogP contribution in [0.4, 0.5) is 4.79 Å². The lowest BCUT2D eigenvalue weighted by molar-refractivity contribution is -0.127. The highest BCUT2D eigenvalue weighted by Crippen LogP contribution is 2.66. The number of benzene rings is 1. The number of hydrogen-bond acceptors (Lipinski definition) is 7. The number of carbonyl (C=O) groups excluding carboxylic acids is 3. The largest absolute Gasteiger partial charge is 0.504 e. The molecule has 0 bridgehead atoms. The van der Waals surface area contributed by atoms with E-state index in [1.807, 2.05) is 6.07 Å². The summed E-state index contributed by atoms with van der Waals surface area (Å²) >= 11 is 0. The lowest BCUT2D eigenvalue weighted by atomic mass is 9.47. The Morgan fingerprint density at radius 3 is 2.59 bits per heavy atom. The van der Waals surface area contributed by atoms with Crippen molar-refractivity contribution in [3.05, 3.63) is 41.0 Å². The van der Waals surface area contributed by atoms with Gasteiger partial charge < -0.3 is 25.2 Å². The molecule has 0 spiro atoms. The number of methoxy groups -OCH3 is 1. The number of amides is 2. The summed E-state index contributed by atoms with van der Waals surface area (Å²) in [5.74, 6) is 2.06. The summed E-state index contributed by atoms with van der Waals surface area (Å²) in [7, 11) is 1.42. The van der Waals surface area contributed by atoms with E-state index in [2.05, 4.69) is 30.6 Å². The molecule has 0 saturated heterocycles. The third-order valence-corrected chi connectivity index (χ3v) is 11.4. The zero-order chi connectivity index (χ0) is 31.6. The average molecular weight is 604 g/mol. The van der Waals surface area contributed by atoms with Gasteiger partial charge in [-0.15, -0.1) is 0 Å². The monoisotopic (exact) mass is 603 g/mol. The Hall–Kier alpha value is -3.80. The number of phenolic OH excluding ortho intramolecular Hbond substituents is 1. The number of ketones is 1. The summed E-state index contributed by atoms with van der Waals surface area (Å²) in [6.07, 6.45) is 11.2. The van der Waals surface area contributed by atoms with Crippen molar-refractivity contribution >= 4 is 23.9 Å². The number of nitrogens with one attached hydrogen (secondary N) is 2. The minimum atomic E-state index is -0.568. The van der Waals surface area contributed by atoms with Crippen LogP contribution in [0.5, 0.6) is 11.5 Å². The molecule has 0 aliphatic heterocycles. The van der Waals surface area contributed by atoms with Crippen LogP contribution < -0.4 is 15.4 Å². The van der Waals surface area contributed by atoms with Gasteiger partial charge in [0.1, 0.15) is 23.5 Å². The number of rotatable bonds is 8. The summed E-state index contributed by atoms with van der Waals surface area (Å²) in [4.78, 5) is 37.5. The lowest BCUT2D eigenvalue weighted by Crippen LogP contribution is -2.51. The van der Waals surface area contributed by atoms with Crippen molar-refractivity contribution in [3.63, 3.8) is 0 Å². The van der Waals surface area contributed by atoms with Crippen LogP contribution in [0.2, 0.25) is 0 Å². The van der Waals surface area contributed by atoms with Gasteiger partial charge in [-0.25, -0.2) is 4.79 Å². The first-order valence-electron chi connectivity index (χ1n) is 15.9. The Bertz CT molecular complexity index is 1410. The third kappa shape index (κ3) is 5.96. The SMILES string of the molecule is COc1cc(/C=C(\C#N)C(=O)NCCNC(=O)O[C@H]2CC[C@@]3(C)C(=CC[C@H]4[C@@H]5CC[C@H](C(C)=O)[C@@]5(C)CC[C@@H]43)C2)ccc1O. The van der Waals surface area contributed by atoms with Gasteiger partial charge in [-0.1, -0.05) is 31.6 Å². The van der Waals surface area contributed by atoms with Gasteiger partial charge in [-0.05, 0) is 104 Å². The van der Waals surface area contributed by atoms with Crippen LogP contribution in [0.3, 0.4) is 0 Å². The molecular formula is C35H45N3O6. The van der Waals surface area contributed by atoms with Gasteiger partial charge >= 0.3 is 6.09 Å². The number of allylic oxidation sites excluding steroid dienone is 1. The number of carbonyl (C=O) groups is 3. The Labute approximate surface area is 260 Å². The molecule has 9 heteroatoms. The third-order valence-electron chi connectivity index (χ3n) is 11.4. The van der Waals surface area contributed by atoms with Crippen LogP contribution in [0.1, 0.15) is 77.7 Å². The summed E-state index contributed by atoms with van der Waals surface area (Å²) in [5.41, 5.74) is 2.10. The van der Waals surface area contributed by atoms with Crippen molar-refractivity contribution in [1.82, 2.24) is 10.6 Å². The molecule has 0 radical (unpaired) electrons. The maximum atomic E-state index is 12.6. The predicted octanol–water partition coefficient (Wildman–Crippen LogP) is 5.69. The smallest absolute Gasteiger partial charge is 0.407 e. The maximum Gasteiger partial charge on any atom is 0.407 e. The normalized spacial score (nSPS) is 32.6. The van der Waals surface area contributed by atoms with E-state index < -0.39 is 12.0 Å². The van der Waals surface area contributed by atoms with E-state index in [0.717, 1.165) is 44.9 Å². The molecule has 9 nitrogen and oxygen atoms in total. The van der Waals surface area contributed by atoms with Gasteiger partial charge in [0.15, 0.2) is 11.5 Å². The van der Waals surface area contributed by atoms with Gasteiger partial charge in [-0.2, -0.15) is 5.26 Å². The molecule has 0 heterocycles. The van der Waals surface area contributed by atoms with Gasteiger partial charge in [0, 0.05) is 25.4 Å². The van der Waals surface area contributed by atoms with Crippen LogP contribution >= 0.6 is 0 Å². The van der Waals surface area contributed by atoms with Crippen LogP contribution in [0.25, 0.3) is 6.08 Å². The molecule has 3 saturated carbocycles. The predicted molar refractivity (Wildman–Crippen MR) is 165 cm³/mol. The second-order valence-electron chi connectivity index (χ2n) is 13.6. The van der Waals surface area contributed by atoms with Gasteiger partial charge in [0.2, 0.25) is 0 Å². The van der Waals surface area contributed by atoms with Crippen LogP contribution in [0.15, 0.2) is 35.4 Å². The number of phenols is 1. The van der Waals surface area contributed by atoms with E-state index in [0.29, 0.717) is 29.1 Å². The molecule has 236 valence electrons. The van der Waals surface area contributed by atoms with Gasteiger partial charge in [0.05, 0.1) is 7.11 Å². The molecular weight excluding hydrogens is 558 g/mol. The molecule has 4 aliphatic rings. The zero-order valence-electron chi connectivity index (χ0n) is 26.3. The molecule has 1 aromatic rings. The Morgan fingerprint density at radius 2 is 1.86 bits per heavy atom. The minimum absolute atomic E-state index is 0.0395. The Kier molecular flexibility index (Phi) is 9.10. The van der Waals surface area contributed by atoms with Gasteiger partial charge in [-0.3, -0.25) is 9.59 Å². The van der Waals surface area contributed by atoms with Crippen molar-refractivity contribution in [2.24, 2.45) is 34.5 Å². The van der Waals surface area contributed by atoms with Crippen molar-refractivity contribution < 1.29 is 29.0 Å². The fourth-order valence-corrected chi connectivity index (χ4v) is 9.12. The molecule has 3 N–H and O–H groups in total. The molecule has 7 atom stereocenters. The highest BCUT2D eigenvalue weighted by Gasteiger charge is 2.59. The van der Waals surface area contributed by atoms with E-state index in [-0.39, 0.29) is 53.0 Å². The number of nitrogens with zero attached hydrogens (tertiary/aromatic N) is 1. The minimum Gasteiger partial charge on any atom is -0.504 e. The standard InChI is InChI=1S/C35H45N3O6/c1-21(39)27-8-9-28-26-7-6-24-19-25(11-13-34(24,2)29(26)12-14-35(27,28)3)44-33(42)38-16-15-37-32(41)23(20-36)17-22-5-10-30(40)31(18-22)43-4/h5-6,10,17-18,25-29,40H,7-9,11-16,19H2,1-4H3,(H,37,41)(H,38,42)/b23-17+/t25-,26-,27+,28-,29-,34-,35+/m0/s1. The lowest BCUT2D eigenvalue weighted by Gasteiger charge is -2.58. The molecule has 3 fully saturated rings. The van der Waals surface area contributed by atoms with Crippen molar-refractivity contribution in [1.29, 1.82) is 5.26 Å². The molecule has 1 aromatic carbocycles. The zero-order valence-corrected chi connectivity index (χ0v) is 26.3. The Balaban J connectivity index is 1.10. The van der Waals surface area contributed by atoms with E-state index in [1.54, 1.807) is 13.0 Å².